The molecule has 0 aliphatic carbocycles. The topological polar surface area (TPSA) is 72.4 Å². The minimum absolute atomic E-state index is 0. The fourth-order valence-corrected chi connectivity index (χ4v) is 2.67. The van der Waals surface area contributed by atoms with E-state index in [0.717, 1.165) is 12.1 Å². The number of aromatic nitrogens is 1. The van der Waals surface area contributed by atoms with E-state index in [2.05, 4.69) is 17.1 Å². The number of carbonyl (C=O) groups is 1. The summed E-state index contributed by atoms with van der Waals surface area (Å²) < 4.78 is 5.67. The fourth-order valence-electron chi connectivity index (χ4n) is 2.67. The first-order valence-corrected chi connectivity index (χ1v) is 8.08. The quantitative estimate of drug-likeness (QED) is 0.691. The molecule has 3 rings (SSSR count). The van der Waals surface area contributed by atoms with Crippen molar-refractivity contribution in [2.24, 2.45) is 5.73 Å². The third kappa shape index (κ3) is 5.21. The number of benzene rings is 1. The maximum absolute atomic E-state index is 12.8. The van der Waals surface area contributed by atoms with Crippen LogP contribution in [0.25, 0.3) is 11.1 Å². The van der Waals surface area contributed by atoms with Crippen molar-refractivity contribution in [2.45, 2.75) is 13.3 Å². The Kier molecular flexibility index (Phi) is 8.58. The zero-order chi connectivity index (χ0) is 16.9. The molecule has 0 unspecified atom stereocenters. The van der Waals surface area contributed by atoms with Crippen molar-refractivity contribution in [3.8, 4) is 0 Å². The lowest BCUT2D eigenvalue weighted by molar-refractivity contribution is 0.0732. The minimum Gasteiger partial charge on any atom is -0.449 e. The summed E-state index contributed by atoms with van der Waals surface area (Å²) in [5.41, 5.74) is 9.08. The van der Waals surface area contributed by atoms with Crippen molar-refractivity contribution in [3.05, 3.63) is 65.5 Å². The van der Waals surface area contributed by atoms with Gasteiger partial charge in [-0.3, -0.25) is 4.79 Å². The molecule has 7 heteroatoms. The summed E-state index contributed by atoms with van der Waals surface area (Å²) >= 11 is 0. The van der Waals surface area contributed by atoms with Gasteiger partial charge in [0.25, 0.3) is 5.91 Å². The Labute approximate surface area is 165 Å². The fraction of sp³-hybridized carbons (Fsp3) is 0.263. The molecule has 2 heterocycles. The van der Waals surface area contributed by atoms with Gasteiger partial charge in [-0.2, -0.15) is 0 Å². The molecule has 0 fully saturated rings. The zero-order valence-corrected chi connectivity index (χ0v) is 16.2. The van der Waals surface area contributed by atoms with Crippen LogP contribution in [-0.4, -0.2) is 35.4 Å². The molecule has 0 saturated heterocycles. The van der Waals surface area contributed by atoms with Crippen LogP contribution in [0.5, 0.6) is 0 Å². The number of hydrogen-bond acceptors (Lipinski definition) is 4. The van der Waals surface area contributed by atoms with Gasteiger partial charge in [-0.15, -0.1) is 24.8 Å². The van der Waals surface area contributed by atoms with Crippen LogP contribution in [0.3, 0.4) is 0 Å². The maximum atomic E-state index is 12.8. The van der Waals surface area contributed by atoms with E-state index in [4.69, 9.17) is 10.2 Å². The Balaban J connectivity index is 0.00000169. The van der Waals surface area contributed by atoms with E-state index in [-0.39, 0.29) is 30.7 Å². The highest BCUT2D eigenvalue weighted by atomic mass is 35.5. The Morgan fingerprint density at radius 2 is 1.85 bits per heavy atom. The van der Waals surface area contributed by atoms with Gasteiger partial charge in [-0.1, -0.05) is 30.3 Å². The van der Waals surface area contributed by atoms with Crippen molar-refractivity contribution in [1.82, 2.24) is 9.88 Å². The first-order chi connectivity index (χ1) is 11.7. The highest BCUT2D eigenvalue weighted by Crippen LogP contribution is 2.19. The summed E-state index contributed by atoms with van der Waals surface area (Å²) in [4.78, 5) is 18.9. The van der Waals surface area contributed by atoms with Crippen molar-refractivity contribution in [1.29, 1.82) is 0 Å². The number of aryl methyl sites for hydroxylation is 1. The second kappa shape index (κ2) is 10.2. The largest absolute Gasteiger partial charge is 0.449 e. The number of nitrogens with two attached hydrogens (primary N) is 1. The number of hydrogen-bond donors (Lipinski definition) is 1. The summed E-state index contributed by atoms with van der Waals surface area (Å²) in [6.45, 7) is 3.42. The number of nitrogens with zero attached hydrogens (tertiary/aromatic N) is 2. The summed E-state index contributed by atoms with van der Waals surface area (Å²) in [6, 6.07) is 15.5. The van der Waals surface area contributed by atoms with E-state index in [9.17, 15) is 4.79 Å². The highest BCUT2D eigenvalue weighted by Gasteiger charge is 2.19. The van der Waals surface area contributed by atoms with Crippen molar-refractivity contribution in [2.75, 3.05) is 19.6 Å². The smallest absolute Gasteiger partial charge is 0.289 e. The van der Waals surface area contributed by atoms with Crippen LogP contribution in [0.1, 0.15) is 21.8 Å². The second-order valence-corrected chi connectivity index (χ2v) is 5.76. The van der Waals surface area contributed by atoms with E-state index < -0.39 is 0 Å². The number of halogens is 2. The van der Waals surface area contributed by atoms with Crippen LogP contribution in [0.4, 0.5) is 0 Å². The van der Waals surface area contributed by atoms with Gasteiger partial charge < -0.3 is 15.1 Å². The van der Waals surface area contributed by atoms with Gasteiger partial charge in [-0.05, 0) is 31.0 Å². The van der Waals surface area contributed by atoms with Crippen LogP contribution in [0.2, 0.25) is 0 Å². The molecule has 5 nitrogen and oxygen atoms in total. The summed E-state index contributed by atoms with van der Waals surface area (Å²) in [7, 11) is 0. The van der Waals surface area contributed by atoms with Gasteiger partial charge in [0.2, 0.25) is 0 Å². The number of furan rings is 1. The van der Waals surface area contributed by atoms with Crippen LogP contribution in [0, 0.1) is 6.92 Å². The molecule has 0 saturated carbocycles. The monoisotopic (exact) mass is 395 g/mol. The van der Waals surface area contributed by atoms with E-state index in [1.165, 1.54) is 5.56 Å². The van der Waals surface area contributed by atoms with Gasteiger partial charge in [0.1, 0.15) is 5.52 Å². The van der Waals surface area contributed by atoms with Gasteiger partial charge in [0.15, 0.2) is 11.3 Å². The lowest BCUT2D eigenvalue weighted by atomic mass is 10.1. The molecule has 0 bridgehead atoms. The Morgan fingerprint density at radius 3 is 2.54 bits per heavy atom. The molecule has 0 aliphatic heterocycles. The van der Waals surface area contributed by atoms with Crippen LogP contribution in [0.15, 0.2) is 52.9 Å². The first-order valence-electron chi connectivity index (χ1n) is 8.08. The third-order valence-corrected chi connectivity index (χ3v) is 3.92. The average molecular weight is 396 g/mol. The first kappa shape index (κ1) is 22.0. The van der Waals surface area contributed by atoms with Gasteiger partial charge in [-0.25, -0.2) is 4.98 Å². The summed E-state index contributed by atoms with van der Waals surface area (Å²) in [5.74, 6) is 0.164. The van der Waals surface area contributed by atoms with E-state index in [1.807, 2.05) is 37.3 Å². The Morgan fingerprint density at radius 1 is 1.12 bits per heavy atom. The normalized spacial score (nSPS) is 10.1. The molecule has 0 atom stereocenters. The molecule has 0 aliphatic rings. The van der Waals surface area contributed by atoms with Gasteiger partial charge >= 0.3 is 0 Å². The lowest BCUT2D eigenvalue weighted by Crippen LogP contribution is -2.36. The molecule has 26 heavy (non-hydrogen) atoms. The van der Waals surface area contributed by atoms with Gasteiger partial charge in [0.05, 0.1) is 0 Å². The molecule has 3 aromatic rings. The Hall–Kier alpha value is -2.08. The van der Waals surface area contributed by atoms with Gasteiger partial charge in [0, 0.05) is 31.4 Å². The standard InChI is InChI=1S/C19H21N3O2.2ClH/c1-14-7-8-17-16(21-14)13-18(24-17)19(23)22(12-10-20)11-9-15-5-3-2-4-6-15;;/h2-8,13H,9-12,20H2,1H3;2*1H. The molecule has 0 radical (unpaired) electrons. The lowest BCUT2D eigenvalue weighted by Gasteiger charge is -2.20. The third-order valence-electron chi connectivity index (χ3n) is 3.92. The van der Waals surface area contributed by atoms with E-state index >= 15 is 0 Å². The molecule has 2 N–H and O–H groups in total. The molecule has 1 aromatic carbocycles. The molecule has 140 valence electrons. The molecular weight excluding hydrogens is 373 g/mol. The predicted octanol–water partition coefficient (Wildman–Crippen LogP) is 3.62. The molecule has 1 amide bonds. The number of pyridine rings is 1. The van der Waals surface area contributed by atoms with E-state index in [1.54, 1.807) is 11.0 Å². The maximum Gasteiger partial charge on any atom is 0.289 e. The van der Waals surface area contributed by atoms with E-state index in [0.29, 0.717) is 36.5 Å². The highest BCUT2D eigenvalue weighted by molar-refractivity contribution is 5.95. The molecule has 0 spiro atoms. The summed E-state index contributed by atoms with van der Waals surface area (Å²) in [5, 5.41) is 0. The molecular formula is C19H23Cl2N3O2. The average Bonchev–Trinajstić information content (AvgIpc) is 3.02. The molecule has 2 aromatic heterocycles. The van der Waals surface area contributed by atoms with Crippen molar-refractivity contribution < 1.29 is 9.21 Å². The second-order valence-electron chi connectivity index (χ2n) is 5.76. The van der Waals surface area contributed by atoms with Crippen LogP contribution >= 0.6 is 24.8 Å². The van der Waals surface area contributed by atoms with Crippen LogP contribution < -0.4 is 5.73 Å². The van der Waals surface area contributed by atoms with Crippen LogP contribution in [-0.2, 0) is 6.42 Å². The number of amides is 1. The SMILES string of the molecule is Cc1ccc2oc(C(=O)N(CCN)CCc3ccccc3)cc2n1.Cl.Cl. The predicted molar refractivity (Wildman–Crippen MR) is 108 cm³/mol. The Bertz CT molecular complexity index is 837. The minimum atomic E-state index is -0.146. The number of rotatable bonds is 6. The van der Waals surface area contributed by atoms with Crippen molar-refractivity contribution in [3.63, 3.8) is 0 Å². The summed E-state index contributed by atoms with van der Waals surface area (Å²) in [6.07, 6.45) is 0.782. The number of fused-ring (bicyclic) bond motifs is 1. The zero-order valence-electron chi connectivity index (χ0n) is 14.6. The number of carbonyl (C=O) groups excluding carboxylic acids is 1. The van der Waals surface area contributed by atoms with Crippen molar-refractivity contribution >= 4 is 41.8 Å².